The van der Waals surface area contributed by atoms with Crippen molar-refractivity contribution in [1.82, 2.24) is 5.32 Å². The van der Waals surface area contributed by atoms with Crippen molar-refractivity contribution in [2.75, 3.05) is 12.0 Å². The molecule has 3 rings (SSSR count). The minimum atomic E-state index is -0.810. The van der Waals surface area contributed by atoms with Gasteiger partial charge in [-0.25, -0.2) is 0 Å². The Labute approximate surface area is 174 Å². The fourth-order valence-corrected chi connectivity index (χ4v) is 3.03. The number of amides is 2. The summed E-state index contributed by atoms with van der Waals surface area (Å²) in [5.74, 6) is -2.23. The number of hydrogen-bond donors (Lipinski definition) is 2. The van der Waals surface area contributed by atoms with Gasteiger partial charge in [0, 0.05) is 10.6 Å². The van der Waals surface area contributed by atoms with E-state index in [0.717, 1.165) is 17.0 Å². The number of carbonyl (C=O) groups is 2. The summed E-state index contributed by atoms with van der Waals surface area (Å²) >= 11 is 10.9. The van der Waals surface area contributed by atoms with Gasteiger partial charge in [-0.05, 0) is 48.6 Å². The summed E-state index contributed by atoms with van der Waals surface area (Å²) in [6, 6.07) is 8.45. The normalized spacial score (nSPS) is 15.4. The molecule has 1 aliphatic rings. The maximum atomic E-state index is 13.0. The van der Waals surface area contributed by atoms with Crippen LogP contribution < -0.4 is 15.0 Å². The van der Waals surface area contributed by atoms with Gasteiger partial charge in [0.05, 0.1) is 23.8 Å². The van der Waals surface area contributed by atoms with Crippen LogP contribution in [0.5, 0.6) is 11.5 Å². The number of nitrogens with one attached hydrogen (secondary N) is 1. The Balaban J connectivity index is 2.11. The molecule has 2 aromatic rings. The monoisotopic (exact) mass is 433 g/mol. The first-order chi connectivity index (χ1) is 13.7. The van der Waals surface area contributed by atoms with Crippen LogP contribution in [-0.4, -0.2) is 34.1 Å². The summed E-state index contributed by atoms with van der Waals surface area (Å²) in [6.07, 6.45) is 1.03. The summed E-state index contributed by atoms with van der Waals surface area (Å²) in [5.41, 5.74) is -0.800. The van der Waals surface area contributed by atoms with E-state index in [1.54, 1.807) is 12.1 Å². The maximum Gasteiger partial charge on any atom is 0.315 e. The highest BCUT2D eigenvalue weighted by molar-refractivity contribution is 7.80. The molecule has 0 radical (unpaired) electrons. The fraction of sp³-hybridized carbons (Fsp3) is 0.0556. The number of nitro benzene ring substituents is 1. The van der Waals surface area contributed by atoms with E-state index in [9.17, 15) is 24.8 Å². The van der Waals surface area contributed by atoms with Gasteiger partial charge in [0.25, 0.3) is 11.8 Å². The molecule has 1 saturated heterocycles. The lowest BCUT2D eigenvalue weighted by Crippen LogP contribution is -2.54. The quantitative estimate of drug-likeness (QED) is 0.250. The standard InChI is InChI=1S/C18H12ClN3O6S/c1-28-12-6-9(15(23)14(8-12)22(26)27)7-13-16(24)20-18(29)21(17(13)25)11-4-2-10(19)3-5-11/h2-8,23H,1H3,(H,20,24,29)/b13-7+. The Morgan fingerprint density at radius 2 is 1.93 bits per heavy atom. The van der Waals surface area contributed by atoms with Crippen molar-refractivity contribution in [2.45, 2.75) is 0 Å². The number of anilines is 1. The molecule has 0 bridgehead atoms. The lowest BCUT2D eigenvalue weighted by Gasteiger charge is -2.29. The van der Waals surface area contributed by atoms with Crippen molar-refractivity contribution in [3.8, 4) is 11.5 Å². The zero-order valence-electron chi connectivity index (χ0n) is 14.7. The number of thiocarbonyl (C=S) groups is 1. The van der Waals surface area contributed by atoms with Gasteiger partial charge in [-0.1, -0.05) is 11.6 Å². The van der Waals surface area contributed by atoms with E-state index >= 15 is 0 Å². The van der Waals surface area contributed by atoms with E-state index in [4.69, 9.17) is 28.6 Å². The van der Waals surface area contributed by atoms with E-state index < -0.39 is 28.2 Å². The third-order valence-electron chi connectivity index (χ3n) is 4.01. The second kappa shape index (κ2) is 7.86. The number of nitrogens with zero attached hydrogens (tertiary/aromatic N) is 2. The first-order valence-electron chi connectivity index (χ1n) is 7.95. The van der Waals surface area contributed by atoms with E-state index in [1.807, 2.05) is 0 Å². The number of ether oxygens (including phenoxy) is 1. The van der Waals surface area contributed by atoms with Crippen molar-refractivity contribution in [3.05, 3.63) is 62.7 Å². The van der Waals surface area contributed by atoms with Crippen LogP contribution in [0.25, 0.3) is 6.08 Å². The highest BCUT2D eigenvalue weighted by Crippen LogP contribution is 2.36. The van der Waals surface area contributed by atoms with Gasteiger partial charge in [-0.3, -0.25) is 29.9 Å². The van der Waals surface area contributed by atoms with Crippen LogP contribution in [0.3, 0.4) is 0 Å². The van der Waals surface area contributed by atoms with E-state index in [1.165, 1.54) is 25.3 Å². The highest BCUT2D eigenvalue weighted by Gasteiger charge is 2.35. The molecule has 2 aromatic carbocycles. The summed E-state index contributed by atoms with van der Waals surface area (Å²) in [4.78, 5) is 36.7. The summed E-state index contributed by atoms with van der Waals surface area (Å²) < 4.78 is 4.99. The van der Waals surface area contributed by atoms with Crippen LogP contribution >= 0.6 is 23.8 Å². The largest absolute Gasteiger partial charge is 0.502 e. The van der Waals surface area contributed by atoms with Crippen molar-refractivity contribution < 1.29 is 24.4 Å². The number of phenolic OH excluding ortho intramolecular Hbond substituents is 1. The van der Waals surface area contributed by atoms with Crippen LogP contribution in [0, 0.1) is 10.1 Å². The molecular weight excluding hydrogens is 422 g/mol. The zero-order chi connectivity index (χ0) is 21.3. The van der Waals surface area contributed by atoms with Crippen molar-refractivity contribution in [1.29, 1.82) is 0 Å². The number of methoxy groups -OCH3 is 1. The molecule has 0 atom stereocenters. The molecule has 1 heterocycles. The molecule has 2 N–H and O–H groups in total. The van der Waals surface area contributed by atoms with E-state index in [-0.39, 0.29) is 22.0 Å². The SMILES string of the molecule is COc1cc(/C=C2\C(=O)NC(=S)N(c3ccc(Cl)cc3)C2=O)c(O)c([N+](=O)[O-])c1. The van der Waals surface area contributed by atoms with Gasteiger partial charge >= 0.3 is 5.69 Å². The van der Waals surface area contributed by atoms with Gasteiger partial charge in [-0.15, -0.1) is 0 Å². The number of phenols is 1. The van der Waals surface area contributed by atoms with E-state index in [2.05, 4.69) is 5.32 Å². The molecule has 0 aromatic heterocycles. The van der Waals surface area contributed by atoms with Gasteiger partial charge < -0.3 is 9.84 Å². The number of rotatable bonds is 4. The maximum absolute atomic E-state index is 13.0. The van der Waals surface area contributed by atoms with Gasteiger partial charge in [0.2, 0.25) is 5.75 Å². The number of benzene rings is 2. The number of aromatic hydroxyl groups is 1. The molecule has 148 valence electrons. The van der Waals surface area contributed by atoms with Crippen molar-refractivity contribution in [3.63, 3.8) is 0 Å². The predicted molar refractivity (Wildman–Crippen MR) is 109 cm³/mol. The molecule has 11 heteroatoms. The molecular formula is C18H12ClN3O6S. The Kier molecular flexibility index (Phi) is 5.48. The molecule has 1 aliphatic heterocycles. The third kappa shape index (κ3) is 3.89. The molecule has 0 saturated carbocycles. The minimum Gasteiger partial charge on any atom is -0.502 e. The molecule has 0 spiro atoms. The van der Waals surface area contributed by atoms with Crippen molar-refractivity contribution >= 4 is 58.2 Å². The zero-order valence-corrected chi connectivity index (χ0v) is 16.3. The van der Waals surface area contributed by atoms with Gasteiger partial charge in [-0.2, -0.15) is 0 Å². The fourth-order valence-electron chi connectivity index (χ4n) is 2.62. The highest BCUT2D eigenvalue weighted by atomic mass is 35.5. The second-order valence-corrected chi connectivity index (χ2v) is 6.60. The number of carbonyl (C=O) groups excluding carboxylic acids is 2. The summed E-state index contributed by atoms with van der Waals surface area (Å²) in [5, 5.41) is 24.0. The molecule has 0 aliphatic carbocycles. The van der Waals surface area contributed by atoms with Crippen molar-refractivity contribution in [2.24, 2.45) is 0 Å². The lowest BCUT2D eigenvalue weighted by molar-refractivity contribution is -0.385. The number of halogens is 1. The molecule has 9 nitrogen and oxygen atoms in total. The average molecular weight is 434 g/mol. The predicted octanol–water partition coefficient (Wildman–Crippen LogP) is 2.79. The average Bonchev–Trinajstić information content (AvgIpc) is 2.67. The van der Waals surface area contributed by atoms with Crippen LogP contribution in [-0.2, 0) is 9.59 Å². The Morgan fingerprint density at radius 1 is 1.28 bits per heavy atom. The molecule has 2 amide bonds. The topological polar surface area (TPSA) is 122 Å². The summed E-state index contributed by atoms with van der Waals surface area (Å²) in [6.45, 7) is 0. The van der Waals surface area contributed by atoms with Crippen LogP contribution in [0.2, 0.25) is 5.02 Å². The molecule has 29 heavy (non-hydrogen) atoms. The first kappa shape index (κ1) is 20.2. The molecule has 1 fully saturated rings. The number of hydrogen-bond acceptors (Lipinski definition) is 7. The number of nitro groups is 1. The smallest absolute Gasteiger partial charge is 0.315 e. The summed E-state index contributed by atoms with van der Waals surface area (Å²) in [7, 11) is 1.28. The van der Waals surface area contributed by atoms with Crippen LogP contribution in [0.1, 0.15) is 5.56 Å². The minimum absolute atomic E-state index is 0.0649. The van der Waals surface area contributed by atoms with Gasteiger partial charge in [0.1, 0.15) is 11.3 Å². The third-order valence-corrected chi connectivity index (χ3v) is 4.55. The van der Waals surface area contributed by atoms with Crippen LogP contribution in [0.15, 0.2) is 42.0 Å². The Hall–Kier alpha value is -3.50. The van der Waals surface area contributed by atoms with Gasteiger partial charge in [0.15, 0.2) is 5.11 Å². The first-order valence-corrected chi connectivity index (χ1v) is 8.74. The second-order valence-electron chi connectivity index (χ2n) is 5.78. The molecule has 0 unspecified atom stereocenters. The lowest BCUT2D eigenvalue weighted by atomic mass is 10.0. The van der Waals surface area contributed by atoms with E-state index in [0.29, 0.717) is 10.7 Å². The van der Waals surface area contributed by atoms with Crippen LogP contribution in [0.4, 0.5) is 11.4 Å². The Morgan fingerprint density at radius 3 is 2.52 bits per heavy atom. The Bertz CT molecular complexity index is 1080.